The zero-order chi connectivity index (χ0) is 58.8. The fourth-order valence-corrected chi connectivity index (χ4v) is 11.0. The number of amides is 1. The lowest BCUT2D eigenvalue weighted by atomic mass is 10.0. The van der Waals surface area contributed by atoms with E-state index in [1.165, 1.54) is 28.8 Å². The lowest BCUT2D eigenvalue weighted by molar-refractivity contribution is -0.160. The summed E-state index contributed by atoms with van der Waals surface area (Å²) in [6, 6.07) is 68.0. The van der Waals surface area contributed by atoms with Crippen molar-refractivity contribution < 1.29 is 46.9 Å². The van der Waals surface area contributed by atoms with E-state index in [2.05, 4.69) is 34.5 Å². The van der Waals surface area contributed by atoms with E-state index in [0.29, 0.717) is 60.2 Å². The van der Waals surface area contributed by atoms with E-state index in [0.717, 1.165) is 78.6 Å². The molecular weight excluding hydrogens is 1100 g/mol. The number of aliphatic hydroxyl groups is 2. The Morgan fingerprint density at radius 2 is 0.964 bits per heavy atom. The number of unbranched alkanes of at least 4 members (excludes halogenated alkanes) is 2. The minimum absolute atomic E-state index is 0.0478. The van der Waals surface area contributed by atoms with E-state index in [1.54, 1.807) is 18.2 Å². The second-order valence-corrected chi connectivity index (χ2v) is 23.2. The molecule has 440 valence electrons. The van der Waals surface area contributed by atoms with Crippen molar-refractivity contribution in [3.05, 3.63) is 262 Å². The zero-order valence-electron chi connectivity index (χ0n) is 47.8. The molecule has 8 aromatic carbocycles. The molecule has 1 amide bonds. The molecule has 0 aliphatic carbocycles. The van der Waals surface area contributed by atoms with Crippen LogP contribution in [-0.2, 0) is 69.7 Å². The van der Waals surface area contributed by atoms with Crippen LogP contribution in [0.15, 0.2) is 212 Å². The van der Waals surface area contributed by atoms with Gasteiger partial charge in [-0.25, -0.2) is 18.1 Å². The third kappa shape index (κ3) is 20.3. The van der Waals surface area contributed by atoms with Gasteiger partial charge in [-0.15, -0.1) is 4.33 Å². The SMILES string of the molecule is COOSN(Cc1ccccc1)c1cc([C@@H](O)CN(CCCCc2ccc(CCCCNC(=O)OCc3ccccc3)cc2)C[C@H](O)c2ccc(OCc3ccccc3)c(N(Cc3ccccc3)S(C)(=O)=O)c2)ccc1OCc1ccccc1. The monoisotopic (exact) mass is 1170 g/mol. The Balaban J connectivity index is 0.995. The molecule has 2 atom stereocenters. The number of aryl methyl sites for hydroxylation is 2. The predicted molar refractivity (Wildman–Crippen MR) is 334 cm³/mol. The highest BCUT2D eigenvalue weighted by molar-refractivity contribution is 7.95. The molecule has 14 nitrogen and oxygen atoms in total. The van der Waals surface area contributed by atoms with Crippen LogP contribution in [0.2, 0.25) is 0 Å². The topological polar surface area (TPSA) is 160 Å². The summed E-state index contributed by atoms with van der Waals surface area (Å²) >= 11 is 1.01. The van der Waals surface area contributed by atoms with Gasteiger partial charge in [0.05, 0.1) is 50.0 Å². The van der Waals surface area contributed by atoms with Crippen molar-refractivity contribution in [2.75, 3.05) is 48.2 Å². The lowest BCUT2D eigenvalue weighted by Gasteiger charge is -2.30. The highest BCUT2D eigenvalue weighted by atomic mass is 32.2. The van der Waals surface area contributed by atoms with Gasteiger partial charge in [0.15, 0.2) is 12.2 Å². The average molecular weight is 1170 g/mol. The first-order valence-corrected chi connectivity index (χ1v) is 30.9. The van der Waals surface area contributed by atoms with Crippen molar-refractivity contribution in [2.45, 2.75) is 83.6 Å². The highest BCUT2D eigenvalue weighted by Gasteiger charge is 2.26. The number of benzene rings is 8. The van der Waals surface area contributed by atoms with Gasteiger partial charge in [-0.3, -0.25) is 13.5 Å². The van der Waals surface area contributed by atoms with Crippen LogP contribution in [0.4, 0.5) is 16.2 Å². The van der Waals surface area contributed by atoms with E-state index in [4.69, 9.17) is 23.4 Å². The van der Waals surface area contributed by atoms with Crippen LogP contribution in [0.25, 0.3) is 0 Å². The van der Waals surface area contributed by atoms with E-state index >= 15 is 0 Å². The summed E-state index contributed by atoms with van der Waals surface area (Å²) in [6.07, 6.45) is 3.72. The Morgan fingerprint density at radius 1 is 0.524 bits per heavy atom. The molecular formula is C68H76N4O10S2. The van der Waals surface area contributed by atoms with Crippen molar-refractivity contribution in [3.8, 4) is 11.5 Å². The molecule has 0 fully saturated rings. The van der Waals surface area contributed by atoms with Crippen LogP contribution in [0, 0.1) is 0 Å². The summed E-state index contributed by atoms with van der Waals surface area (Å²) in [5, 5.41) is 27.5. The van der Waals surface area contributed by atoms with E-state index in [1.807, 2.05) is 174 Å². The van der Waals surface area contributed by atoms with Crippen LogP contribution in [0.5, 0.6) is 11.5 Å². The highest BCUT2D eigenvalue weighted by Crippen LogP contribution is 2.39. The Hall–Kier alpha value is -7.67. The van der Waals surface area contributed by atoms with Crippen LogP contribution in [0.1, 0.15) is 88.0 Å². The van der Waals surface area contributed by atoms with E-state index < -0.39 is 28.3 Å². The summed E-state index contributed by atoms with van der Waals surface area (Å²) < 4.78 is 54.4. The van der Waals surface area contributed by atoms with Crippen LogP contribution < -0.4 is 23.4 Å². The molecule has 0 spiro atoms. The number of hydrogen-bond donors (Lipinski definition) is 3. The van der Waals surface area contributed by atoms with Crippen molar-refractivity contribution >= 4 is 39.7 Å². The van der Waals surface area contributed by atoms with Gasteiger partial charge in [0, 0.05) is 19.6 Å². The van der Waals surface area contributed by atoms with E-state index in [9.17, 15) is 23.4 Å². The maximum atomic E-state index is 13.7. The maximum absolute atomic E-state index is 13.7. The standard InChI is InChI=1S/C68H76N4O10S2/c1-78-82-83-71(46-55-24-8-3-9-25-55)62-44-60(38-40-66(62)79-50-57-28-12-5-13-29-57)64(73)48-70(43-21-19-23-54-36-34-53(35-37-54)22-18-20-42-69-68(75)81-52-59-32-16-7-17-33-59)49-65(74)61-39-41-67(80-51-58-30-14-6-15-31-58)63(45-61)72(84(2,76)77)47-56-26-10-4-11-27-56/h3-17,24-41,44-45,64-65,73-74H,18-23,42-43,46-52H2,1-2H3,(H,69,75)/t64-,65-/m0/s1. The average Bonchev–Trinajstić information content (AvgIpc) is 3.59. The third-order valence-corrected chi connectivity index (χ3v) is 16.0. The smallest absolute Gasteiger partial charge is 0.407 e. The fourth-order valence-electron chi connectivity index (χ4n) is 9.60. The van der Waals surface area contributed by atoms with Gasteiger partial charge in [0.2, 0.25) is 10.0 Å². The first-order chi connectivity index (χ1) is 41.0. The molecule has 0 radical (unpaired) electrons. The Kier molecular flexibility index (Phi) is 24.5. The number of nitrogens with one attached hydrogen (secondary N) is 1. The van der Waals surface area contributed by atoms with Crippen molar-refractivity contribution in [2.24, 2.45) is 0 Å². The van der Waals surface area contributed by atoms with Crippen molar-refractivity contribution in [1.29, 1.82) is 0 Å². The number of carbonyl (C=O) groups excluding carboxylic acids is 1. The van der Waals surface area contributed by atoms with Gasteiger partial charge in [0.25, 0.3) is 0 Å². The first-order valence-electron chi connectivity index (χ1n) is 28.4. The number of alkyl carbamates (subject to hydrolysis) is 1. The summed E-state index contributed by atoms with van der Waals surface area (Å²) in [7, 11) is -2.42. The molecule has 0 bridgehead atoms. The summed E-state index contributed by atoms with van der Waals surface area (Å²) in [6.45, 7) is 2.59. The van der Waals surface area contributed by atoms with Crippen molar-refractivity contribution in [3.63, 3.8) is 0 Å². The number of hydrogen-bond acceptors (Lipinski definition) is 13. The molecule has 3 N–H and O–H groups in total. The normalized spacial score (nSPS) is 12.1. The van der Waals surface area contributed by atoms with Gasteiger partial charge in [-0.2, -0.15) is 0 Å². The molecule has 16 heteroatoms. The zero-order valence-corrected chi connectivity index (χ0v) is 49.4. The minimum Gasteiger partial charge on any atom is -0.487 e. The number of sulfonamides is 1. The second-order valence-electron chi connectivity index (χ2n) is 20.6. The predicted octanol–water partition coefficient (Wildman–Crippen LogP) is 13.3. The first kappa shape index (κ1) is 62.4. The van der Waals surface area contributed by atoms with Gasteiger partial charge in [0.1, 0.15) is 31.3 Å². The van der Waals surface area contributed by atoms with Gasteiger partial charge in [-0.05, 0) is 119 Å². The molecule has 84 heavy (non-hydrogen) atoms. The molecule has 8 aromatic rings. The second kappa shape index (κ2) is 33.0. The third-order valence-electron chi connectivity index (χ3n) is 14.1. The number of ether oxygens (including phenoxy) is 3. The Bertz CT molecular complexity index is 3320. The fraction of sp³-hybridized carbons (Fsp3) is 0.279. The maximum Gasteiger partial charge on any atom is 0.407 e. The summed E-state index contributed by atoms with van der Waals surface area (Å²) in [5.41, 5.74) is 9.16. The number of anilines is 2. The van der Waals surface area contributed by atoms with Gasteiger partial charge >= 0.3 is 6.09 Å². The molecule has 0 heterocycles. The molecule has 0 saturated carbocycles. The molecule has 0 unspecified atom stereocenters. The van der Waals surface area contributed by atoms with E-state index in [-0.39, 0.29) is 32.8 Å². The van der Waals surface area contributed by atoms with Gasteiger partial charge in [-0.1, -0.05) is 188 Å². The molecule has 0 aliphatic rings. The molecule has 0 saturated heterocycles. The number of aliphatic hydroxyl groups excluding tert-OH is 2. The quantitative estimate of drug-likeness (QED) is 0.0115. The molecule has 8 rings (SSSR count). The van der Waals surface area contributed by atoms with Crippen LogP contribution in [0.3, 0.4) is 0 Å². The Morgan fingerprint density at radius 3 is 1.45 bits per heavy atom. The summed E-state index contributed by atoms with van der Waals surface area (Å²) in [4.78, 5) is 19.3. The van der Waals surface area contributed by atoms with Crippen LogP contribution >= 0.6 is 12.2 Å². The largest absolute Gasteiger partial charge is 0.487 e. The molecule has 0 aliphatic heterocycles. The van der Waals surface area contributed by atoms with Crippen LogP contribution in [-0.4, -0.2) is 69.2 Å². The number of rotatable bonds is 34. The minimum atomic E-state index is -3.86. The lowest BCUT2D eigenvalue weighted by Crippen LogP contribution is -2.34. The Labute approximate surface area is 499 Å². The molecule has 0 aromatic heterocycles. The van der Waals surface area contributed by atoms with Gasteiger partial charge < -0.3 is 29.7 Å². The number of nitrogens with zero attached hydrogens (tertiary/aromatic N) is 3. The number of carbonyl (C=O) groups is 1. The van der Waals surface area contributed by atoms with Crippen molar-refractivity contribution in [1.82, 2.24) is 10.2 Å². The summed E-state index contributed by atoms with van der Waals surface area (Å²) in [5.74, 6) is 0.928.